The maximum Gasteiger partial charge on any atom is 0.221 e. The summed E-state index contributed by atoms with van der Waals surface area (Å²) in [5, 5.41) is 0.512. The number of hydrogen-bond acceptors (Lipinski definition) is 3. The Morgan fingerprint density at radius 1 is 1.29 bits per heavy atom. The fraction of sp³-hybridized carbons (Fsp3) is 0.692. The minimum atomic E-state index is 0.512. The SMILES string of the molecule is CCc1nc(Cl)c(C)c(OCC2CCCC2)n1. The molecule has 3 nitrogen and oxygen atoms in total. The zero-order chi connectivity index (χ0) is 12.3. The first kappa shape index (κ1) is 12.6. The summed E-state index contributed by atoms with van der Waals surface area (Å²) in [5.41, 5.74) is 0.849. The Morgan fingerprint density at radius 3 is 2.65 bits per heavy atom. The van der Waals surface area contributed by atoms with Crippen molar-refractivity contribution in [2.24, 2.45) is 5.92 Å². The molecule has 0 radical (unpaired) electrons. The number of hydrogen-bond donors (Lipinski definition) is 0. The molecule has 1 saturated carbocycles. The summed E-state index contributed by atoms with van der Waals surface area (Å²) in [5.74, 6) is 2.10. The van der Waals surface area contributed by atoms with Gasteiger partial charge in [-0.15, -0.1) is 0 Å². The predicted octanol–water partition coefficient (Wildman–Crippen LogP) is 3.57. The van der Waals surface area contributed by atoms with Gasteiger partial charge in [-0.05, 0) is 25.7 Å². The highest BCUT2D eigenvalue weighted by Crippen LogP contribution is 2.27. The van der Waals surface area contributed by atoms with Crippen LogP contribution in [0, 0.1) is 12.8 Å². The van der Waals surface area contributed by atoms with Crippen molar-refractivity contribution in [3.63, 3.8) is 0 Å². The molecule has 2 rings (SSSR count). The Balaban J connectivity index is 2.05. The molecule has 1 aromatic rings. The molecule has 17 heavy (non-hydrogen) atoms. The fourth-order valence-electron chi connectivity index (χ4n) is 2.18. The summed E-state index contributed by atoms with van der Waals surface area (Å²) in [7, 11) is 0. The molecule has 0 N–H and O–H groups in total. The Morgan fingerprint density at radius 2 is 2.00 bits per heavy atom. The van der Waals surface area contributed by atoms with E-state index in [0.717, 1.165) is 24.4 Å². The average Bonchev–Trinajstić information content (AvgIpc) is 2.84. The highest BCUT2D eigenvalue weighted by molar-refractivity contribution is 6.30. The second-order valence-electron chi connectivity index (χ2n) is 4.68. The molecular formula is C13H19ClN2O. The van der Waals surface area contributed by atoms with Gasteiger partial charge in [0.25, 0.3) is 0 Å². The lowest BCUT2D eigenvalue weighted by molar-refractivity contribution is 0.241. The van der Waals surface area contributed by atoms with Gasteiger partial charge in [-0.2, -0.15) is 4.98 Å². The molecule has 94 valence electrons. The fourth-order valence-corrected chi connectivity index (χ4v) is 2.36. The van der Waals surface area contributed by atoms with E-state index in [-0.39, 0.29) is 0 Å². The molecular weight excluding hydrogens is 236 g/mol. The lowest BCUT2D eigenvalue weighted by atomic mass is 10.1. The van der Waals surface area contributed by atoms with E-state index < -0.39 is 0 Å². The number of aromatic nitrogens is 2. The van der Waals surface area contributed by atoms with Crippen LogP contribution in [-0.4, -0.2) is 16.6 Å². The van der Waals surface area contributed by atoms with Gasteiger partial charge in [0.2, 0.25) is 5.88 Å². The predicted molar refractivity (Wildman–Crippen MR) is 68.6 cm³/mol. The van der Waals surface area contributed by atoms with Crippen molar-refractivity contribution in [2.75, 3.05) is 6.61 Å². The molecule has 1 aliphatic rings. The summed E-state index contributed by atoms with van der Waals surface area (Å²) >= 11 is 6.06. The Labute approximate surface area is 108 Å². The van der Waals surface area contributed by atoms with Gasteiger partial charge in [-0.1, -0.05) is 31.4 Å². The van der Waals surface area contributed by atoms with Gasteiger partial charge in [0.1, 0.15) is 11.0 Å². The third kappa shape index (κ3) is 3.09. The monoisotopic (exact) mass is 254 g/mol. The standard InChI is InChI=1S/C13H19ClN2O/c1-3-11-15-12(14)9(2)13(16-11)17-8-10-6-4-5-7-10/h10H,3-8H2,1-2H3. The highest BCUT2D eigenvalue weighted by Gasteiger charge is 2.17. The Bertz CT molecular complexity index is 389. The first-order chi connectivity index (χ1) is 8.20. The Kier molecular flexibility index (Phi) is 4.21. The molecule has 1 aliphatic carbocycles. The lowest BCUT2D eigenvalue weighted by Crippen LogP contribution is -2.11. The van der Waals surface area contributed by atoms with E-state index >= 15 is 0 Å². The van der Waals surface area contributed by atoms with E-state index in [9.17, 15) is 0 Å². The molecule has 0 aliphatic heterocycles. The zero-order valence-corrected chi connectivity index (χ0v) is 11.3. The van der Waals surface area contributed by atoms with Crippen LogP contribution in [0.4, 0.5) is 0 Å². The zero-order valence-electron chi connectivity index (χ0n) is 10.5. The van der Waals surface area contributed by atoms with E-state index in [1.165, 1.54) is 25.7 Å². The van der Waals surface area contributed by atoms with Crippen molar-refractivity contribution in [2.45, 2.75) is 46.0 Å². The van der Waals surface area contributed by atoms with Crippen molar-refractivity contribution in [3.05, 3.63) is 16.5 Å². The van der Waals surface area contributed by atoms with E-state index in [1.807, 2.05) is 13.8 Å². The third-order valence-corrected chi connectivity index (χ3v) is 3.70. The molecule has 4 heteroatoms. The van der Waals surface area contributed by atoms with Gasteiger partial charge in [-0.25, -0.2) is 4.98 Å². The van der Waals surface area contributed by atoms with E-state index in [2.05, 4.69) is 9.97 Å². The van der Waals surface area contributed by atoms with Crippen LogP contribution in [-0.2, 0) is 6.42 Å². The van der Waals surface area contributed by atoms with E-state index in [4.69, 9.17) is 16.3 Å². The summed E-state index contributed by atoms with van der Waals surface area (Å²) in [6.07, 6.45) is 5.99. The average molecular weight is 255 g/mol. The molecule has 1 aromatic heterocycles. The molecule has 1 heterocycles. The van der Waals surface area contributed by atoms with Crippen molar-refractivity contribution in [3.8, 4) is 5.88 Å². The lowest BCUT2D eigenvalue weighted by Gasteiger charge is -2.13. The third-order valence-electron chi connectivity index (χ3n) is 3.33. The minimum absolute atomic E-state index is 0.512. The Hall–Kier alpha value is -0.830. The van der Waals surface area contributed by atoms with Crippen LogP contribution in [0.25, 0.3) is 0 Å². The molecule has 0 aromatic carbocycles. The maximum atomic E-state index is 6.06. The largest absolute Gasteiger partial charge is 0.477 e. The van der Waals surface area contributed by atoms with Crippen LogP contribution in [0.3, 0.4) is 0 Å². The van der Waals surface area contributed by atoms with Crippen LogP contribution < -0.4 is 4.74 Å². The van der Waals surface area contributed by atoms with Gasteiger partial charge >= 0.3 is 0 Å². The number of halogens is 1. The van der Waals surface area contributed by atoms with Gasteiger partial charge in [0.05, 0.1) is 6.61 Å². The number of nitrogens with zero attached hydrogens (tertiary/aromatic N) is 2. The van der Waals surface area contributed by atoms with Crippen LogP contribution in [0.1, 0.15) is 44.0 Å². The van der Waals surface area contributed by atoms with Crippen LogP contribution in [0.2, 0.25) is 5.15 Å². The van der Waals surface area contributed by atoms with Gasteiger partial charge in [0, 0.05) is 12.0 Å². The van der Waals surface area contributed by atoms with Crippen molar-refractivity contribution in [1.29, 1.82) is 0 Å². The first-order valence-electron chi connectivity index (χ1n) is 6.36. The van der Waals surface area contributed by atoms with Crippen molar-refractivity contribution >= 4 is 11.6 Å². The van der Waals surface area contributed by atoms with Crippen LogP contribution >= 0.6 is 11.6 Å². The number of aryl methyl sites for hydroxylation is 1. The molecule has 0 atom stereocenters. The van der Waals surface area contributed by atoms with Gasteiger partial charge in [0.15, 0.2) is 0 Å². The van der Waals surface area contributed by atoms with Crippen molar-refractivity contribution in [1.82, 2.24) is 9.97 Å². The molecule has 0 unspecified atom stereocenters. The molecule has 1 fully saturated rings. The molecule has 0 bridgehead atoms. The molecule has 0 spiro atoms. The summed E-state index contributed by atoms with van der Waals surface area (Å²) in [6.45, 7) is 4.69. The highest BCUT2D eigenvalue weighted by atomic mass is 35.5. The van der Waals surface area contributed by atoms with Gasteiger partial charge in [-0.3, -0.25) is 0 Å². The quantitative estimate of drug-likeness (QED) is 0.771. The second kappa shape index (κ2) is 5.67. The molecule has 0 amide bonds. The second-order valence-corrected chi connectivity index (χ2v) is 5.03. The maximum absolute atomic E-state index is 6.06. The minimum Gasteiger partial charge on any atom is -0.477 e. The summed E-state index contributed by atoms with van der Waals surface area (Å²) in [6, 6.07) is 0. The summed E-state index contributed by atoms with van der Waals surface area (Å²) in [4.78, 5) is 8.60. The molecule has 0 saturated heterocycles. The van der Waals surface area contributed by atoms with Crippen LogP contribution in [0.5, 0.6) is 5.88 Å². The van der Waals surface area contributed by atoms with Gasteiger partial charge < -0.3 is 4.74 Å². The van der Waals surface area contributed by atoms with E-state index in [1.54, 1.807) is 0 Å². The first-order valence-corrected chi connectivity index (χ1v) is 6.74. The number of ether oxygens (including phenoxy) is 1. The number of rotatable bonds is 4. The van der Waals surface area contributed by atoms with Crippen molar-refractivity contribution < 1.29 is 4.74 Å². The smallest absolute Gasteiger partial charge is 0.221 e. The normalized spacial score (nSPS) is 16.4. The van der Waals surface area contributed by atoms with Crippen LogP contribution in [0.15, 0.2) is 0 Å². The van der Waals surface area contributed by atoms with E-state index in [0.29, 0.717) is 17.0 Å². The topological polar surface area (TPSA) is 35.0 Å². The summed E-state index contributed by atoms with van der Waals surface area (Å²) < 4.78 is 5.81.